The minimum absolute atomic E-state index is 0.00546. The second-order valence-electron chi connectivity index (χ2n) is 5.46. The average Bonchev–Trinajstić information content (AvgIpc) is 2.61. The summed E-state index contributed by atoms with van der Waals surface area (Å²) in [4.78, 5) is 25.7. The zero-order valence-corrected chi connectivity index (χ0v) is 14.6. The molecule has 0 spiro atoms. The Morgan fingerprint density at radius 2 is 1.65 bits per heavy atom. The number of hydrogen-bond acceptors (Lipinski definition) is 5. The summed E-state index contributed by atoms with van der Waals surface area (Å²) in [5.41, 5.74) is 1.07. The molecule has 0 heterocycles. The molecule has 0 aliphatic rings. The second kappa shape index (κ2) is 8.56. The molecule has 2 amide bonds. The highest BCUT2D eigenvalue weighted by Gasteiger charge is 2.22. The van der Waals surface area contributed by atoms with Crippen LogP contribution in [0.15, 0.2) is 59.5 Å². The Labute approximate surface area is 151 Å². The number of primary sulfonamides is 1. The molecule has 0 aliphatic heterocycles. The number of carbonyl (C=O) groups is 2. The summed E-state index contributed by atoms with van der Waals surface area (Å²) < 4.78 is 22.4. The third kappa shape index (κ3) is 5.38. The lowest BCUT2D eigenvalue weighted by molar-refractivity contribution is -0.143. The van der Waals surface area contributed by atoms with Crippen molar-refractivity contribution < 1.29 is 23.1 Å². The highest BCUT2D eigenvalue weighted by atomic mass is 32.2. The number of nitrogens with zero attached hydrogens (tertiary/aromatic N) is 1. The standard InChI is InChI=1S/C17H19N3O5S/c18-26(24,25)15-8-6-14(7-9-15)19-16(22)17(23)20(10-11-21)12-13-4-2-1-3-5-13/h1-9,21H,10-12H2,(H,19,22)(H2,18,24,25). The monoisotopic (exact) mass is 377 g/mol. The molecule has 0 aliphatic carbocycles. The molecule has 0 fully saturated rings. The normalized spacial score (nSPS) is 11.0. The first kappa shape index (κ1) is 19.6. The summed E-state index contributed by atoms with van der Waals surface area (Å²) in [5, 5.41) is 16.5. The van der Waals surface area contributed by atoms with Crippen LogP contribution in [0.5, 0.6) is 0 Å². The lowest BCUT2D eigenvalue weighted by Crippen LogP contribution is -2.40. The van der Waals surface area contributed by atoms with Gasteiger partial charge in [-0.3, -0.25) is 9.59 Å². The van der Waals surface area contributed by atoms with Gasteiger partial charge >= 0.3 is 11.8 Å². The van der Waals surface area contributed by atoms with Gasteiger partial charge in [0.25, 0.3) is 0 Å². The van der Waals surface area contributed by atoms with Crippen LogP contribution in [0.4, 0.5) is 5.69 Å². The van der Waals surface area contributed by atoms with Crippen molar-refractivity contribution in [3.05, 3.63) is 60.2 Å². The van der Waals surface area contributed by atoms with Crippen molar-refractivity contribution in [3.63, 3.8) is 0 Å². The minimum Gasteiger partial charge on any atom is -0.395 e. The lowest BCUT2D eigenvalue weighted by Gasteiger charge is -2.21. The molecule has 0 radical (unpaired) electrons. The molecule has 2 aromatic rings. The Kier molecular flexibility index (Phi) is 6.45. The first-order chi connectivity index (χ1) is 12.3. The number of rotatable bonds is 6. The predicted octanol–water partition coefficient (Wildman–Crippen LogP) is 0.294. The van der Waals surface area contributed by atoms with E-state index in [0.29, 0.717) is 0 Å². The number of aliphatic hydroxyl groups is 1. The molecule has 8 nitrogen and oxygen atoms in total. The number of nitrogens with two attached hydrogens (primary N) is 1. The Bertz CT molecular complexity index is 867. The smallest absolute Gasteiger partial charge is 0.313 e. The Hall–Kier alpha value is -2.75. The molecular formula is C17H19N3O5S. The maximum absolute atomic E-state index is 12.4. The van der Waals surface area contributed by atoms with E-state index in [1.54, 1.807) is 0 Å². The van der Waals surface area contributed by atoms with E-state index in [9.17, 15) is 18.0 Å². The summed E-state index contributed by atoms with van der Waals surface area (Å²) in [5.74, 6) is -1.70. The van der Waals surface area contributed by atoms with Crippen LogP contribution >= 0.6 is 0 Å². The van der Waals surface area contributed by atoms with Crippen LogP contribution in [-0.2, 0) is 26.2 Å². The van der Waals surface area contributed by atoms with E-state index < -0.39 is 21.8 Å². The SMILES string of the molecule is NS(=O)(=O)c1ccc(NC(=O)C(=O)N(CCO)Cc2ccccc2)cc1. The molecule has 9 heteroatoms. The Balaban J connectivity index is 2.07. The molecule has 0 unspecified atom stereocenters. The number of amides is 2. The molecule has 0 bridgehead atoms. The van der Waals surface area contributed by atoms with Crippen LogP contribution in [0.1, 0.15) is 5.56 Å². The Morgan fingerprint density at radius 1 is 1.04 bits per heavy atom. The van der Waals surface area contributed by atoms with E-state index >= 15 is 0 Å². The number of anilines is 1. The molecule has 0 atom stereocenters. The largest absolute Gasteiger partial charge is 0.395 e. The van der Waals surface area contributed by atoms with Gasteiger partial charge in [0.1, 0.15) is 0 Å². The number of benzene rings is 2. The quantitative estimate of drug-likeness (QED) is 0.623. The summed E-state index contributed by atoms with van der Waals surface area (Å²) >= 11 is 0. The van der Waals surface area contributed by atoms with E-state index in [1.165, 1.54) is 29.2 Å². The molecular weight excluding hydrogens is 358 g/mol. The molecule has 0 saturated carbocycles. The van der Waals surface area contributed by atoms with Crippen LogP contribution in [-0.4, -0.2) is 43.4 Å². The first-order valence-corrected chi connectivity index (χ1v) is 9.24. The van der Waals surface area contributed by atoms with Gasteiger partial charge in [-0.25, -0.2) is 13.6 Å². The van der Waals surface area contributed by atoms with E-state index in [4.69, 9.17) is 10.2 Å². The zero-order valence-electron chi connectivity index (χ0n) is 13.8. The van der Waals surface area contributed by atoms with Crippen LogP contribution < -0.4 is 10.5 Å². The van der Waals surface area contributed by atoms with Crippen LogP contribution in [0.2, 0.25) is 0 Å². The first-order valence-electron chi connectivity index (χ1n) is 7.69. The van der Waals surface area contributed by atoms with Crippen molar-refractivity contribution in [2.75, 3.05) is 18.5 Å². The molecule has 0 aromatic heterocycles. The number of nitrogens with one attached hydrogen (secondary N) is 1. The fraction of sp³-hybridized carbons (Fsp3) is 0.176. The number of hydrogen-bond donors (Lipinski definition) is 3. The third-order valence-corrected chi connectivity index (χ3v) is 4.44. The van der Waals surface area contributed by atoms with Crippen molar-refractivity contribution >= 4 is 27.5 Å². The molecule has 0 saturated heterocycles. The van der Waals surface area contributed by atoms with Crippen LogP contribution in [0, 0.1) is 0 Å². The maximum Gasteiger partial charge on any atom is 0.313 e. The topological polar surface area (TPSA) is 130 Å². The van der Waals surface area contributed by atoms with Gasteiger partial charge in [-0.05, 0) is 29.8 Å². The summed E-state index contributed by atoms with van der Waals surface area (Å²) in [6.07, 6.45) is 0. The minimum atomic E-state index is -3.84. The summed E-state index contributed by atoms with van der Waals surface area (Å²) in [6.45, 7) is -0.0988. The fourth-order valence-corrected chi connectivity index (χ4v) is 2.75. The third-order valence-electron chi connectivity index (χ3n) is 3.51. The summed E-state index contributed by atoms with van der Waals surface area (Å²) in [6, 6.07) is 14.2. The number of carbonyl (C=O) groups excluding carboxylic acids is 2. The van der Waals surface area contributed by atoms with Crippen LogP contribution in [0.3, 0.4) is 0 Å². The molecule has 4 N–H and O–H groups in total. The predicted molar refractivity (Wildman–Crippen MR) is 95.4 cm³/mol. The van der Waals surface area contributed by atoms with E-state index in [0.717, 1.165) is 5.56 Å². The van der Waals surface area contributed by atoms with Gasteiger partial charge in [0.05, 0.1) is 11.5 Å². The summed E-state index contributed by atoms with van der Waals surface area (Å²) in [7, 11) is -3.84. The van der Waals surface area contributed by atoms with Gasteiger partial charge in [-0.15, -0.1) is 0 Å². The lowest BCUT2D eigenvalue weighted by atomic mass is 10.2. The van der Waals surface area contributed by atoms with Gasteiger partial charge in [-0.2, -0.15) is 0 Å². The van der Waals surface area contributed by atoms with Crippen molar-refractivity contribution in [1.29, 1.82) is 0 Å². The van der Waals surface area contributed by atoms with Gasteiger partial charge in [0.15, 0.2) is 0 Å². The van der Waals surface area contributed by atoms with Gasteiger partial charge in [0.2, 0.25) is 10.0 Å². The highest BCUT2D eigenvalue weighted by Crippen LogP contribution is 2.13. The van der Waals surface area contributed by atoms with Crippen LogP contribution in [0.25, 0.3) is 0 Å². The van der Waals surface area contributed by atoms with E-state index in [-0.39, 0.29) is 30.3 Å². The van der Waals surface area contributed by atoms with E-state index in [2.05, 4.69) is 5.32 Å². The molecule has 2 aromatic carbocycles. The van der Waals surface area contributed by atoms with Gasteiger partial charge < -0.3 is 15.3 Å². The van der Waals surface area contributed by atoms with Crippen molar-refractivity contribution in [3.8, 4) is 0 Å². The average molecular weight is 377 g/mol. The van der Waals surface area contributed by atoms with Crippen molar-refractivity contribution in [2.45, 2.75) is 11.4 Å². The molecule has 26 heavy (non-hydrogen) atoms. The van der Waals surface area contributed by atoms with Gasteiger partial charge in [-0.1, -0.05) is 30.3 Å². The molecule has 2 rings (SSSR count). The van der Waals surface area contributed by atoms with Crippen molar-refractivity contribution in [2.24, 2.45) is 5.14 Å². The number of aliphatic hydroxyl groups excluding tert-OH is 1. The Morgan fingerprint density at radius 3 is 2.19 bits per heavy atom. The molecule has 138 valence electrons. The van der Waals surface area contributed by atoms with E-state index in [1.807, 2.05) is 30.3 Å². The van der Waals surface area contributed by atoms with Gasteiger partial charge in [0, 0.05) is 18.8 Å². The highest BCUT2D eigenvalue weighted by molar-refractivity contribution is 7.89. The van der Waals surface area contributed by atoms with Crippen molar-refractivity contribution in [1.82, 2.24) is 4.90 Å². The second-order valence-corrected chi connectivity index (χ2v) is 7.02. The number of sulfonamides is 1. The zero-order chi connectivity index (χ0) is 19.2. The maximum atomic E-state index is 12.4. The fourth-order valence-electron chi connectivity index (χ4n) is 2.23.